The van der Waals surface area contributed by atoms with Crippen LogP contribution in [-0.4, -0.2) is 77.9 Å². The van der Waals surface area contributed by atoms with Gasteiger partial charge in [0.25, 0.3) is 5.91 Å². The largest absolute Gasteiger partial charge is 0.416 e. The molecule has 8 nitrogen and oxygen atoms in total. The highest BCUT2D eigenvalue weighted by Gasteiger charge is 2.48. The molecule has 4 unspecified atom stereocenters. The zero-order chi connectivity index (χ0) is 28.0. The van der Waals surface area contributed by atoms with Gasteiger partial charge in [-0.15, -0.1) is 0 Å². The maximum absolute atomic E-state index is 13.3. The molecular weight excluding hydrogens is 545 g/mol. The van der Waals surface area contributed by atoms with E-state index >= 15 is 0 Å². The van der Waals surface area contributed by atoms with Crippen molar-refractivity contribution in [2.24, 2.45) is 5.92 Å². The molecule has 3 heterocycles. The highest BCUT2D eigenvalue weighted by atomic mass is 32.1. The van der Waals surface area contributed by atoms with Gasteiger partial charge in [-0.2, -0.15) is 13.2 Å². The summed E-state index contributed by atoms with van der Waals surface area (Å²) < 4.78 is 50.5. The number of anilines is 1. The Morgan fingerprint density at radius 1 is 1.00 bits per heavy atom. The molecule has 0 radical (unpaired) electrons. The normalized spacial score (nSPS) is 26.8. The van der Waals surface area contributed by atoms with Gasteiger partial charge in [-0.1, -0.05) is 18.2 Å². The van der Waals surface area contributed by atoms with Crippen LogP contribution in [-0.2, 0) is 27.0 Å². The van der Waals surface area contributed by atoms with Crippen molar-refractivity contribution in [1.82, 2.24) is 15.1 Å². The third-order valence-electron chi connectivity index (χ3n) is 8.22. The first-order valence-corrected chi connectivity index (χ1v) is 13.7. The van der Waals surface area contributed by atoms with E-state index in [4.69, 9.17) is 21.7 Å². The summed E-state index contributed by atoms with van der Waals surface area (Å²) in [4.78, 5) is 31.6. The first kappa shape index (κ1) is 27.0. The van der Waals surface area contributed by atoms with E-state index in [9.17, 15) is 22.8 Å². The van der Waals surface area contributed by atoms with Gasteiger partial charge in [0.2, 0.25) is 5.91 Å². The molecule has 3 saturated heterocycles. The first-order valence-electron chi connectivity index (χ1n) is 13.3. The highest BCUT2D eigenvalue weighted by Crippen LogP contribution is 2.36. The van der Waals surface area contributed by atoms with E-state index in [-0.39, 0.29) is 42.8 Å². The number of piperazine rings is 1. The first-order chi connectivity index (χ1) is 19.2. The zero-order valence-electron chi connectivity index (χ0n) is 21.6. The molecule has 1 saturated carbocycles. The predicted molar refractivity (Wildman–Crippen MR) is 143 cm³/mol. The number of nitrogens with one attached hydrogen (secondary N) is 1. The van der Waals surface area contributed by atoms with Crippen LogP contribution in [0.5, 0.6) is 0 Å². The average molecular weight is 575 g/mol. The summed E-state index contributed by atoms with van der Waals surface area (Å²) in [6, 6.07) is 12.3. The fourth-order valence-electron chi connectivity index (χ4n) is 5.98. The SMILES string of the molecule is O=C(c1ccc(CN2C(=O)C3CC4OCOC4CC3NC2=S)cc1)N1CCN(c2cccc(C(F)(F)F)c2)CC1. The Morgan fingerprint density at radius 2 is 1.70 bits per heavy atom. The number of alkyl halides is 3. The second kappa shape index (κ2) is 10.6. The molecule has 2 aromatic rings. The molecule has 12 heteroatoms. The lowest BCUT2D eigenvalue weighted by molar-refractivity contribution is -0.138. The van der Waals surface area contributed by atoms with Crippen LogP contribution < -0.4 is 10.2 Å². The summed E-state index contributed by atoms with van der Waals surface area (Å²) in [6.07, 6.45) is -3.21. The van der Waals surface area contributed by atoms with E-state index in [0.29, 0.717) is 61.9 Å². The number of benzene rings is 2. The zero-order valence-corrected chi connectivity index (χ0v) is 22.4. The number of hydrogen-bond donors (Lipinski definition) is 1. The molecule has 6 rings (SSSR count). The Morgan fingerprint density at radius 3 is 2.40 bits per heavy atom. The number of thiocarbonyl (C=S) groups is 1. The van der Waals surface area contributed by atoms with Crippen molar-refractivity contribution in [3.63, 3.8) is 0 Å². The summed E-state index contributed by atoms with van der Waals surface area (Å²) in [7, 11) is 0. The molecule has 40 heavy (non-hydrogen) atoms. The monoisotopic (exact) mass is 574 g/mol. The maximum Gasteiger partial charge on any atom is 0.416 e. The van der Waals surface area contributed by atoms with Crippen LogP contribution in [0.3, 0.4) is 0 Å². The lowest BCUT2D eigenvalue weighted by atomic mass is 9.79. The third kappa shape index (κ3) is 5.27. The molecule has 2 amide bonds. The minimum Gasteiger partial charge on any atom is -0.368 e. The van der Waals surface area contributed by atoms with E-state index < -0.39 is 11.7 Å². The van der Waals surface area contributed by atoms with Gasteiger partial charge in [0.15, 0.2) is 5.11 Å². The summed E-state index contributed by atoms with van der Waals surface area (Å²) in [6.45, 7) is 2.23. The average Bonchev–Trinajstić information content (AvgIpc) is 3.41. The molecule has 212 valence electrons. The van der Waals surface area contributed by atoms with Crippen LogP contribution in [0.2, 0.25) is 0 Å². The van der Waals surface area contributed by atoms with Gasteiger partial charge in [-0.05, 0) is 61.0 Å². The molecule has 0 bridgehead atoms. The van der Waals surface area contributed by atoms with Crippen molar-refractivity contribution in [3.8, 4) is 0 Å². The van der Waals surface area contributed by atoms with Crippen LogP contribution in [0.15, 0.2) is 48.5 Å². The van der Waals surface area contributed by atoms with Crippen molar-refractivity contribution >= 4 is 34.8 Å². The second-order valence-corrected chi connectivity index (χ2v) is 11.0. The number of nitrogens with zero attached hydrogens (tertiary/aromatic N) is 3. The van der Waals surface area contributed by atoms with Gasteiger partial charge in [-0.25, -0.2) is 0 Å². The summed E-state index contributed by atoms with van der Waals surface area (Å²) in [5, 5.41) is 3.70. The van der Waals surface area contributed by atoms with Crippen LogP contribution in [0.1, 0.15) is 34.3 Å². The van der Waals surface area contributed by atoms with E-state index in [1.807, 2.05) is 17.0 Å². The number of rotatable bonds is 4. The number of carbonyl (C=O) groups excluding carboxylic acids is 2. The van der Waals surface area contributed by atoms with Crippen LogP contribution in [0, 0.1) is 5.92 Å². The third-order valence-corrected chi connectivity index (χ3v) is 8.56. The molecule has 1 aliphatic carbocycles. The van der Waals surface area contributed by atoms with Crippen LogP contribution in [0.25, 0.3) is 0 Å². The van der Waals surface area contributed by atoms with Gasteiger partial charge in [0.05, 0.1) is 30.2 Å². The van der Waals surface area contributed by atoms with Crippen molar-refractivity contribution in [2.75, 3.05) is 37.9 Å². The summed E-state index contributed by atoms with van der Waals surface area (Å²) in [5.41, 5.74) is 1.17. The fraction of sp³-hybridized carbons (Fsp3) is 0.464. The number of carbonyl (C=O) groups is 2. The minimum absolute atomic E-state index is 0.00969. The lowest BCUT2D eigenvalue weighted by Gasteiger charge is -2.44. The Bertz CT molecular complexity index is 1300. The van der Waals surface area contributed by atoms with Gasteiger partial charge >= 0.3 is 6.18 Å². The maximum atomic E-state index is 13.3. The molecule has 3 aliphatic heterocycles. The number of amides is 2. The molecule has 1 N–H and O–H groups in total. The van der Waals surface area contributed by atoms with Crippen molar-refractivity contribution in [1.29, 1.82) is 0 Å². The Labute approximate surface area is 235 Å². The summed E-state index contributed by atoms with van der Waals surface area (Å²) in [5.74, 6) is -0.397. The Hall–Kier alpha value is -3.22. The van der Waals surface area contributed by atoms with Crippen molar-refractivity contribution < 1.29 is 32.2 Å². The molecule has 2 aromatic carbocycles. The van der Waals surface area contributed by atoms with E-state index in [0.717, 1.165) is 17.7 Å². The van der Waals surface area contributed by atoms with Crippen LogP contribution >= 0.6 is 12.2 Å². The summed E-state index contributed by atoms with van der Waals surface area (Å²) >= 11 is 5.52. The smallest absolute Gasteiger partial charge is 0.368 e. The van der Waals surface area contributed by atoms with E-state index in [1.165, 1.54) is 6.07 Å². The molecule has 0 spiro atoms. The number of ether oxygens (including phenoxy) is 2. The number of hydrogen-bond acceptors (Lipinski definition) is 6. The van der Waals surface area contributed by atoms with E-state index in [1.54, 1.807) is 28.0 Å². The molecule has 4 atom stereocenters. The van der Waals surface area contributed by atoms with Gasteiger partial charge < -0.3 is 24.6 Å². The standard InChI is InChI=1S/C28H29F3N4O4S/c29-28(30,31)19-2-1-3-20(12-19)33-8-10-34(11-9-33)25(36)18-6-4-17(5-7-18)15-35-26(37)21-13-23-24(39-16-38-23)14-22(21)32-27(35)40/h1-7,12,21-24H,8-11,13-16H2,(H,32,40). The predicted octanol–water partition coefficient (Wildman–Crippen LogP) is 3.40. The second-order valence-electron chi connectivity index (χ2n) is 10.6. The molecule has 4 fully saturated rings. The van der Waals surface area contributed by atoms with Crippen molar-refractivity contribution in [2.45, 2.75) is 43.8 Å². The highest BCUT2D eigenvalue weighted by molar-refractivity contribution is 7.80. The van der Waals surface area contributed by atoms with Gasteiger partial charge in [-0.3, -0.25) is 14.5 Å². The van der Waals surface area contributed by atoms with Gasteiger partial charge in [0, 0.05) is 43.5 Å². The Kier molecular flexibility index (Phi) is 7.18. The quantitative estimate of drug-likeness (QED) is 0.562. The lowest BCUT2D eigenvalue weighted by Crippen LogP contribution is -2.63. The molecule has 0 aromatic heterocycles. The minimum atomic E-state index is -4.40. The fourth-order valence-corrected chi connectivity index (χ4v) is 6.29. The van der Waals surface area contributed by atoms with Crippen molar-refractivity contribution in [3.05, 3.63) is 65.2 Å². The molecule has 4 aliphatic rings. The van der Waals surface area contributed by atoms with Crippen LogP contribution in [0.4, 0.5) is 18.9 Å². The number of fused-ring (bicyclic) bond motifs is 2. The van der Waals surface area contributed by atoms with Gasteiger partial charge in [0.1, 0.15) is 6.79 Å². The topological polar surface area (TPSA) is 74.3 Å². The Balaban J connectivity index is 1.05. The number of halogens is 3. The molecular formula is C28H29F3N4O4S. The van der Waals surface area contributed by atoms with E-state index in [2.05, 4.69) is 5.32 Å².